The van der Waals surface area contributed by atoms with Crippen LogP contribution in [-0.2, 0) is 10.3 Å². The molecule has 3 rings (SSSR count). The van der Waals surface area contributed by atoms with Gasteiger partial charge in [-0.25, -0.2) is 0 Å². The van der Waals surface area contributed by atoms with Crippen molar-refractivity contribution in [3.63, 3.8) is 0 Å². The molecule has 0 spiro atoms. The topological polar surface area (TPSA) is 24.5 Å². The molecule has 1 heterocycles. The third-order valence-electron chi connectivity index (χ3n) is 5.33. The van der Waals surface area contributed by atoms with Gasteiger partial charge in [0.2, 0.25) is 0 Å². The van der Waals surface area contributed by atoms with Gasteiger partial charge >= 0.3 is 0 Å². The predicted octanol–water partition coefficient (Wildman–Crippen LogP) is 2.77. The zero-order chi connectivity index (χ0) is 14.8. The number of ether oxygens (including phenoxy) is 1. The van der Waals surface area contributed by atoms with E-state index in [0.717, 1.165) is 19.6 Å². The molecule has 0 amide bonds. The van der Waals surface area contributed by atoms with E-state index in [1.807, 2.05) is 7.11 Å². The van der Waals surface area contributed by atoms with Crippen LogP contribution in [0.2, 0.25) is 0 Å². The Morgan fingerprint density at radius 1 is 1.19 bits per heavy atom. The molecule has 3 heteroatoms. The van der Waals surface area contributed by atoms with Gasteiger partial charge in [-0.3, -0.25) is 4.90 Å². The maximum absolute atomic E-state index is 5.83. The van der Waals surface area contributed by atoms with Crippen LogP contribution in [0.15, 0.2) is 30.3 Å². The molecule has 1 aromatic rings. The van der Waals surface area contributed by atoms with Gasteiger partial charge in [0, 0.05) is 20.2 Å². The molecule has 1 aliphatic carbocycles. The van der Waals surface area contributed by atoms with Crippen LogP contribution in [0.4, 0.5) is 0 Å². The van der Waals surface area contributed by atoms with Gasteiger partial charge in [-0.15, -0.1) is 0 Å². The number of rotatable bonds is 4. The Bertz CT molecular complexity index is 452. The van der Waals surface area contributed by atoms with E-state index in [0.29, 0.717) is 0 Å². The largest absolute Gasteiger partial charge is 0.377 e. The van der Waals surface area contributed by atoms with Crippen molar-refractivity contribution in [1.82, 2.24) is 10.2 Å². The van der Waals surface area contributed by atoms with Crippen molar-refractivity contribution in [1.29, 1.82) is 0 Å². The van der Waals surface area contributed by atoms with Crippen molar-refractivity contribution >= 4 is 0 Å². The van der Waals surface area contributed by atoms with Gasteiger partial charge in [0.25, 0.3) is 0 Å². The van der Waals surface area contributed by atoms with Gasteiger partial charge in [0.05, 0.1) is 11.1 Å². The molecule has 0 aromatic heterocycles. The first kappa shape index (κ1) is 15.0. The third kappa shape index (κ3) is 3.15. The number of nitrogens with one attached hydrogen (secondary N) is 1. The third-order valence-corrected chi connectivity index (χ3v) is 5.33. The van der Waals surface area contributed by atoms with E-state index in [9.17, 15) is 0 Å². The summed E-state index contributed by atoms with van der Waals surface area (Å²) in [7, 11) is 1.88. The molecule has 2 aliphatic rings. The van der Waals surface area contributed by atoms with E-state index >= 15 is 0 Å². The minimum Gasteiger partial charge on any atom is -0.377 e. The molecule has 1 aliphatic heterocycles. The lowest BCUT2D eigenvalue weighted by Crippen LogP contribution is -2.53. The zero-order valence-corrected chi connectivity index (χ0v) is 13.4. The van der Waals surface area contributed by atoms with Crippen molar-refractivity contribution in [2.75, 3.05) is 33.3 Å². The molecule has 21 heavy (non-hydrogen) atoms. The van der Waals surface area contributed by atoms with Crippen molar-refractivity contribution in [2.24, 2.45) is 0 Å². The monoisotopic (exact) mass is 288 g/mol. The van der Waals surface area contributed by atoms with E-state index < -0.39 is 0 Å². The molecule has 1 aromatic carbocycles. The summed E-state index contributed by atoms with van der Waals surface area (Å²) in [5, 5.41) is 3.76. The van der Waals surface area contributed by atoms with Crippen LogP contribution in [0, 0.1) is 0 Å². The van der Waals surface area contributed by atoms with Crippen LogP contribution in [0.5, 0.6) is 0 Å². The van der Waals surface area contributed by atoms with E-state index in [-0.39, 0.29) is 11.1 Å². The maximum atomic E-state index is 5.83. The summed E-state index contributed by atoms with van der Waals surface area (Å²) in [6, 6.07) is 10.9. The fraction of sp³-hybridized carbons (Fsp3) is 0.667. The second-order valence-electron chi connectivity index (χ2n) is 6.93. The lowest BCUT2D eigenvalue weighted by atomic mass is 9.79. The Labute approximate surface area is 128 Å². The van der Waals surface area contributed by atoms with Gasteiger partial charge in [-0.2, -0.15) is 0 Å². The average molecular weight is 288 g/mol. The summed E-state index contributed by atoms with van der Waals surface area (Å²) in [4.78, 5) is 2.61. The standard InChI is InChI=1S/C18H28N2O/c1-17(16-8-4-3-5-9-16)14-20(13-7-12-19-17)15-18(21-2)10-6-11-18/h3-5,8-9,19H,6-7,10-15H2,1-2H3. The van der Waals surface area contributed by atoms with Gasteiger partial charge in [-0.1, -0.05) is 30.3 Å². The Morgan fingerprint density at radius 3 is 2.57 bits per heavy atom. The fourth-order valence-corrected chi connectivity index (χ4v) is 3.79. The molecular weight excluding hydrogens is 260 g/mol. The molecule has 1 unspecified atom stereocenters. The quantitative estimate of drug-likeness (QED) is 0.922. The molecule has 1 saturated heterocycles. The van der Waals surface area contributed by atoms with E-state index in [2.05, 4.69) is 47.5 Å². The SMILES string of the molecule is COC1(CN2CCCNC(C)(c3ccccc3)C2)CCC1. The molecule has 0 radical (unpaired) electrons. The highest BCUT2D eigenvalue weighted by Crippen LogP contribution is 2.36. The number of hydrogen-bond acceptors (Lipinski definition) is 3. The van der Waals surface area contributed by atoms with Gasteiger partial charge < -0.3 is 10.1 Å². The molecule has 1 N–H and O–H groups in total. The first-order valence-electron chi connectivity index (χ1n) is 8.24. The second kappa shape index (κ2) is 6.07. The minimum absolute atomic E-state index is 0.0381. The van der Waals surface area contributed by atoms with E-state index in [1.54, 1.807) is 0 Å². The molecule has 3 nitrogen and oxygen atoms in total. The number of benzene rings is 1. The molecule has 0 bridgehead atoms. The summed E-state index contributed by atoms with van der Waals surface area (Å²) < 4.78 is 5.83. The van der Waals surface area contributed by atoms with Crippen LogP contribution in [0.1, 0.15) is 38.2 Å². The number of hydrogen-bond donors (Lipinski definition) is 1. The summed E-state index contributed by atoms with van der Waals surface area (Å²) in [6.45, 7) is 6.72. The summed E-state index contributed by atoms with van der Waals surface area (Å²) in [5.74, 6) is 0. The Balaban J connectivity index is 1.74. The highest BCUT2D eigenvalue weighted by Gasteiger charge is 2.40. The Kier molecular flexibility index (Phi) is 4.34. The Morgan fingerprint density at radius 2 is 1.95 bits per heavy atom. The van der Waals surface area contributed by atoms with Crippen molar-refractivity contribution in [2.45, 2.75) is 43.7 Å². The second-order valence-corrected chi connectivity index (χ2v) is 6.93. The van der Waals surface area contributed by atoms with Crippen LogP contribution >= 0.6 is 0 Å². The molecule has 1 saturated carbocycles. The van der Waals surface area contributed by atoms with Gasteiger partial charge in [0.15, 0.2) is 0 Å². The number of methoxy groups -OCH3 is 1. The van der Waals surface area contributed by atoms with Crippen LogP contribution in [-0.4, -0.2) is 43.8 Å². The smallest absolute Gasteiger partial charge is 0.0805 e. The van der Waals surface area contributed by atoms with Crippen LogP contribution < -0.4 is 5.32 Å². The summed E-state index contributed by atoms with van der Waals surface area (Å²) in [6.07, 6.45) is 4.96. The highest BCUT2D eigenvalue weighted by atomic mass is 16.5. The molecule has 2 fully saturated rings. The minimum atomic E-state index is 0.0381. The zero-order valence-electron chi connectivity index (χ0n) is 13.4. The molecule has 1 atom stereocenters. The van der Waals surface area contributed by atoms with Crippen molar-refractivity contribution < 1.29 is 4.74 Å². The van der Waals surface area contributed by atoms with Crippen molar-refractivity contribution in [3.8, 4) is 0 Å². The summed E-state index contributed by atoms with van der Waals surface area (Å²) >= 11 is 0. The van der Waals surface area contributed by atoms with Crippen LogP contribution in [0.25, 0.3) is 0 Å². The summed E-state index contributed by atoms with van der Waals surface area (Å²) in [5.41, 5.74) is 1.55. The van der Waals surface area contributed by atoms with Crippen molar-refractivity contribution in [3.05, 3.63) is 35.9 Å². The molecule has 116 valence electrons. The predicted molar refractivity (Wildman–Crippen MR) is 86.4 cm³/mol. The highest BCUT2D eigenvalue weighted by molar-refractivity contribution is 5.24. The molecular formula is C18H28N2O. The maximum Gasteiger partial charge on any atom is 0.0805 e. The lowest BCUT2D eigenvalue weighted by molar-refractivity contribution is -0.0928. The fourth-order valence-electron chi connectivity index (χ4n) is 3.79. The van der Waals surface area contributed by atoms with E-state index in [1.165, 1.54) is 37.8 Å². The van der Waals surface area contributed by atoms with E-state index in [4.69, 9.17) is 4.74 Å². The first-order chi connectivity index (χ1) is 10.2. The van der Waals surface area contributed by atoms with Gasteiger partial charge in [0.1, 0.15) is 0 Å². The first-order valence-corrected chi connectivity index (χ1v) is 8.24. The van der Waals surface area contributed by atoms with Gasteiger partial charge in [-0.05, 0) is 51.3 Å². The Hall–Kier alpha value is -0.900. The number of nitrogens with zero attached hydrogens (tertiary/aromatic N) is 1. The average Bonchev–Trinajstić information content (AvgIpc) is 2.66. The lowest BCUT2D eigenvalue weighted by Gasteiger charge is -2.45. The van der Waals surface area contributed by atoms with Crippen LogP contribution in [0.3, 0.4) is 0 Å². The normalized spacial score (nSPS) is 29.6.